The first-order valence-electron chi connectivity index (χ1n) is 11.4. The number of nitrogens with zero attached hydrogens (tertiary/aromatic N) is 2. The largest absolute Gasteiger partial charge is 0.317 e. The molecule has 4 fully saturated rings. The van der Waals surface area contributed by atoms with E-state index >= 15 is 0 Å². The summed E-state index contributed by atoms with van der Waals surface area (Å²) < 4.78 is 0. The van der Waals surface area contributed by atoms with Gasteiger partial charge in [0.1, 0.15) is 0 Å². The predicted octanol–water partition coefficient (Wildman–Crippen LogP) is 4.16. The molecule has 1 N–H and O–H groups in total. The Labute approximate surface area is 165 Å². The van der Waals surface area contributed by atoms with E-state index in [0.29, 0.717) is 17.4 Å². The molecule has 1 unspecified atom stereocenters. The van der Waals surface area contributed by atoms with Crippen LogP contribution in [0.15, 0.2) is 24.3 Å². The lowest BCUT2D eigenvalue weighted by Crippen LogP contribution is -2.60. The Bertz CT molecular complexity index is 651. The van der Waals surface area contributed by atoms with E-state index in [0.717, 1.165) is 12.1 Å². The number of hydrogen-bond acceptors (Lipinski definition) is 3. The first kappa shape index (κ1) is 18.1. The van der Waals surface area contributed by atoms with Gasteiger partial charge >= 0.3 is 0 Å². The van der Waals surface area contributed by atoms with Crippen LogP contribution in [0.25, 0.3) is 0 Å². The number of benzene rings is 1. The second-order valence-corrected chi connectivity index (χ2v) is 10.1. The molecule has 27 heavy (non-hydrogen) atoms. The van der Waals surface area contributed by atoms with Gasteiger partial charge in [-0.2, -0.15) is 0 Å². The Morgan fingerprint density at radius 1 is 1.00 bits per heavy atom. The molecule has 1 aromatic rings. The fourth-order valence-electron chi connectivity index (χ4n) is 6.18. The SMILES string of the molecule is CC(C)c1ccccc1C1CN(C2CC2)CCN1C1CC2(CCNCC2)C1. The zero-order chi connectivity index (χ0) is 18.4. The molecule has 0 bridgehead atoms. The van der Waals surface area contributed by atoms with Gasteiger partial charge in [-0.15, -0.1) is 0 Å². The van der Waals surface area contributed by atoms with E-state index in [1.807, 2.05) is 0 Å². The summed E-state index contributed by atoms with van der Waals surface area (Å²) in [6, 6.07) is 11.6. The van der Waals surface area contributed by atoms with Crippen molar-refractivity contribution in [3.8, 4) is 0 Å². The topological polar surface area (TPSA) is 18.5 Å². The van der Waals surface area contributed by atoms with Crippen molar-refractivity contribution in [3.05, 3.63) is 35.4 Å². The second-order valence-electron chi connectivity index (χ2n) is 10.1. The maximum absolute atomic E-state index is 3.56. The van der Waals surface area contributed by atoms with E-state index < -0.39 is 0 Å². The molecule has 2 heterocycles. The summed E-state index contributed by atoms with van der Waals surface area (Å²) in [5, 5.41) is 3.56. The van der Waals surface area contributed by atoms with Crippen LogP contribution in [0.4, 0.5) is 0 Å². The van der Waals surface area contributed by atoms with Crippen molar-refractivity contribution in [2.75, 3.05) is 32.7 Å². The van der Waals surface area contributed by atoms with Crippen molar-refractivity contribution in [1.29, 1.82) is 0 Å². The Morgan fingerprint density at radius 3 is 2.44 bits per heavy atom. The third-order valence-electron chi connectivity index (χ3n) is 7.96. The van der Waals surface area contributed by atoms with Crippen LogP contribution in [0.3, 0.4) is 0 Å². The summed E-state index contributed by atoms with van der Waals surface area (Å²) in [6.07, 6.45) is 8.55. The molecule has 3 heteroatoms. The standard InChI is InChI=1S/C24H37N3/c1-18(2)21-5-3-4-6-22(21)23-17-26(19-7-8-19)13-14-27(23)20-15-24(16-20)9-11-25-12-10-24/h3-6,18-20,23,25H,7-17H2,1-2H3. The molecule has 2 aliphatic carbocycles. The highest BCUT2D eigenvalue weighted by molar-refractivity contribution is 5.33. The minimum Gasteiger partial charge on any atom is -0.317 e. The van der Waals surface area contributed by atoms with Crippen LogP contribution in [0.5, 0.6) is 0 Å². The number of nitrogens with one attached hydrogen (secondary N) is 1. The maximum Gasteiger partial charge on any atom is 0.0481 e. The predicted molar refractivity (Wildman–Crippen MR) is 112 cm³/mol. The molecule has 3 nitrogen and oxygen atoms in total. The van der Waals surface area contributed by atoms with Gasteiger partial charge in [-0.05, 0) is 74.1 Å². The summed E-state index contributed by atoms with van der Waals surface area (Å²) in [7, 11) is 0. The van der Waals surface area contributed by atoms with E-state index in [9.17, 15) is 0 Å². The molecule has 5 rings (SSSR count). The summed E-state index contributed by atoms with van der Waals surface area (Å²) >= 11 is 0. The molecular weight excluding hydrogens is 330 g/mol. The van der Waals surface area contributed by atoms with Crippen molar-refractivity contribution >= 4 is 0 Å². The summed E-state index contributed by atoms with van der Waals surface area (Å²) in [6.45, 7) is 11.0. The highest BCUT2D eigenvalue weighted by atomic mass is 15.3. The summed E-state index contributed by atoms with van der Waals surface area (Å²) in [4.78, 5) is 5.73. The minimum absolute atomic E-state index is 0.599. The molecule has 2 aliphatic heterocycles. The van der Waals surface area contributed by atoms with E-state index in [-0.39, 0.29) is 0 Å². The molecule has 0 amide bonds. The molecule has 4 aliphatic rings. The van der Waals surface area contributed by atoms with Crippen molar-refractivity contribution in [1.82, 2.24) is 15.1 Å². The quantitative estimate of drug-likeness (QED) is 0.862. The van der Waals surface area contributed by atoms with Gasteiger partial charge < -0.3 is 5.32 Å². The normalized spacial score (nSPS) is 30.0. The summed E-state index contributed by atoms with van der Waals surface area (Å²) in [5.41, 5.74) is 3.86. The van der Waals surface area contributed by atoms with Crippen molar-refractivity contribution < 1.29 is 0 Å². The maximum atomic E-state index is 3.56. The van der Waals surface area contributed by atoms with Crippen LogP contribution in [-0.4, -0.2) is 54.6 Å². The lowest BCUT2D eigenvalue weighted by molar-refractivity contribution is -0.0650. The van der Waals surface area contributed by atoms with Gasteiger partial charge in [-0.1, -0.05) is 38.1 Å². The smallest absolute Gasteiger partial charge is 0.0481 e. The molecule has 0 radical (unpaired) electrons. The van der Waals surface area contributed by atoms with Crippen LogP contribution in [0, 0.1) is 5.41 Å². The fraction of sp³-hybridized carbons (Fsp3) is 0.750. The molecule has 1 spiro atoms. The Kier molecular flexibility index (Phi) is 4.82. The first-order valence-corrected chi connectivity index (χ1v) is 11.4. The van der Waals surface area contributed by atoms with Crippen LogP contribution in [0.1, 0.15) is 75.5 Å². The van der Waals surface area contributed by atoms with Crippen LogP contribution in [-0.2, 0) is 0 Å². The van der Waals surface area contributed by atoms with Crippen LogP contribution < -0.4 is 5.32 Å². The first-order chi connectivity index (χ1) is 13.2. The van der Waals surface area contributed by atoms with Gasteiger partial charge in [0.25, 0.3) is 0 Å². The number of piperazine rings is 1. The number of hydrogen-bond donors (Lipinski definition) is 1. The zero-order valence-corrected chi connectivity index (χ0v) is 17.3. The van der Waals surface area contributed by atoms with Gasteiger partial charge in [-0.25, -0.2) is 0 Å². The third-order valence-corrected chi connectivity index (χ3v) is 7.96. The van der Waals surface area contributed by atoms with Crippen molar-refractivity contribution in [2.45, 2.75) is 76.4 Å². The average Bonchev–Trinajstić information content (AvgIpc) is 3.51. The lowest BCUT2D eigenvalue weighted by atomic mass is 9.60. The highest BCUT2D eigenvalue weighted by Gasteiger charge is 2.49. The number of piperidine rings is 1. The van der Waals surface area contributed by atoms with Crippen LogP contribution in [0.2, 0.25) is 0 Å². The minimum atomic E-state index is 0.599. The number of rotatable bonds is 4. The molecule has 0 aromatic heterocycles. The van der Waals surface area contributed by atoms with E-state index in [4.69, 9.17) is 0 Å². The molecule has 2 saturated carbocycles. The molecule has 1 atom stereocenters. The van der Waals surface area contributed by atoms with Gasteiger partial charge in [0.05, 0.1) is 0 Å². The van der Waals surface area contributed by atoms with Crippen molar-refractivity contribution in [2.24, 2.45) is 5.41 Å². The van der Waals surface area contributed by atoms with E-state index in [1.165, 1.54) is 71.2 Å². The highest BCUT2D eigenvalue weighted by Crippen LogP contribution is 2.52. The van der Waals surface area contributed by atoms with Gasteiger partial charge in [0.2, 0.25) is 0 Å². The Balaban J connectivity index is 1.38. The van der Waals surface area contributed by atoms with Gasteiger partial charge in [0.15, 0.2) is 0 Å². The van der Waals surface area contributed by atoms with E-state index in [1.54, 1.807) is 11.1 Å². The molecule has 1 aromatic carbocycles. The summed E-state index contributed by atoms with van der Waals surface area (Å²) in [5.74, 6) is 0.608. The van der Waals surface area contributed by atoms with Crippen LogP contribution >= 0.6 is 0 Å². The Morgan fingerprint density at radius 2 is 1.74 bits per heavy atom. The Hall–Kier alpha value is -0.900. The second kappa shape index (κ2) is 7.17. The fourth-order valence-corrected chi connectivity index (χ4v) is 6.18. The van der Waals surface area contributed by atoms with Gasteiger partial charge in [0, 0.05) is 37.8 Å². The molecule has 2 saturated heterocycles. The van der Waals surface area contributed by atoms with Gasteiger partial charge in [-0.3, -0.25) is 9.80 Å². The molecule has 148 valence electrons. The molecular formula is C24H37N3. The lowest BCUT2D eigenvalue weighted by Gasteiger charge is -2.57. The van der Waals surface area contributed by atoms with Crippen molar-refractivity contribution in [3.63, 3.8) is 0 Å². The average molecular weight is 368 g/mol. The third kappa shape index (κ3) is 3.47. The van der Waals surface area contributed by atoms with E-state index in [2.05, 4.69) is 53.2 Å². The zero-order valence-electron chi connectivity index (χ0n) is 17.3. The monoisotopic (exact) mass is 367 g/mol.